The molecule has 0 saturated heterocycles. The van der Waals surface area contributed by atoms with Crippen LogP contribution in [0.25, 0.3) is 0 Å². The van der Waals surface area contributed by atoms with Crippen LogP contribution in [0.2, 0.25) is 0 Å². The first kappa shape index (κ1) is 14.4. The highest BCUT2D eigenvalue weighted by Crippen LogP contribution is 2.30. The van der Waals surface area contributed by atoms with Gasteiger partial charge < -0.3 is 14.8 Å². The van der Waals surface area contributed by atoms with Gasteiger partial charge in [-0.25, -0.2) is 0 Å². The molecule has 98 valence electrons. The van der Waals surface area contributed by atoms with Crippen LogP contribution >= 0.6 is 0 Å². The fourth-order valence-electron chi connectivity index (χ4n) is 1.83. The van der Waals surface area contributed by atoms with Crippen LogP contribution in [-0.2, 0) is 0 Å². The maximum absolute atomic E-state index is 5.43. The lowest BCUT2D eigenvalue weighted by atomic mass is 10.0. The first-order chi connectivity index (χ1) is 8.76. The number of hydrogen-bond acceptors (Lipinski definition) is 3. The van der Waals surface area contributed by atoms with Crippen molar-refractivity contribution in [3.8, 4) is 23.8 Å². The molecule has 0 bridgehead atoms. The van der Waals surface area contributed by atoms with Gasteiger partial charge in [-0.3, -0.25) is 0 Å². The second-order valence-corrected chi connectivity index (χ2v) is 4.02. The Kier molecular flexibility index (Phi) is 6.10. The molecule has 1 atom stereocenters. The van der Waals surface area contributed by atoms with E-state index in [1.807, 2.05) is 18.2 Å². The molecule has 1 rings (SSSR count). The van der Waals surface area contributed by atoms with Crippen LogP contribution < -0.4 is 14.8 Å². The first-order valence-electron chi connectivity index (χ1n) is 6.15. The van der Waals surface area contributed by atoms with E-state index in [0.29, 0.717) is 6.42 Å². The fourth-order valence-corrected chi connectivity index (χ4v) is 1.83. The van der Waals surface area contributed by atoms with Crippen molar-refractivity contribution in [1.29, 1.82) is 0 Å². The van der Waals surface area contributed by atoms with Gasteiger partial charge in [0.2, 0.25) is 0 Å². The van der Waals surface area contributed by atoms with Crippen LogP contribution in [0, 0.1) is 12.3 Å². The molecule has 3 heteroatoms. The van der Waals surface area contributed by atoms with E-state index >= 15 is 0 Å². The minimum atomic E-state index is 0.121. The minimum absolute atomic E-state index is 0.121. The van der Waals surface area contributed by atoms with Gasteiger partial charge >= 0.3 is 0 Å². The Hall–Kier alpha value is -1.66. The van der Waals surface area contributed by atoms with Crippen molar-refractivity contribution >= 4 is 0 Å². The van der Waals surface area contributed by atoms with Crippen molar-refractivity contribution in [1.82, 2.24) is 5.32 Å². The minimum Gasteiger partial charge on any atom is -0.497 e. The molecule has 0 radical (unpaired) electrons. The standard InChI is InChI=1S/C15H21NO2/c1-5-7-14(16-10-6-2)13-9-8-12(17-3)11-15(13)18-4/h1,8-9,11,14,16H,6-7,10H2,2-4H3. The van der Waals surface area contributed by atoms with Gasteiger partial charge in [-0.1, -0.05) is 13.0 Å². The van der Waals surface area contributed by atoms with Crippen molar-refractivity contribution in [2.75, 3.05) is 20.8 Å². The molecule has 0 spiro atoms. The predicted molar refractivity (Wildman–Crippen MR) is 74.0 cm³/mol. The van der Waals surface area contributed by atoms with Crippen molar-refractivity contribution in [2.24, 2.45) is 0 Å². The van der Waals surface area contributed by atoms with Crippen molar-refractivity contribution in [3.05, 3.63) is 23.8 Å². The van der Waals surface area contributed by atoms with Gasteiger partial charge in [0.15, 0.2) is 0 Å². The number of hydrogen-bond donors (Lipinski definition) is 1. The van der Waals surface area contributed by atoms with Crippen LogP contribution in [0.3, 0.4) is 0 Å². The van der Waals surface area contributed by atoms with Crippen molar-refractivity contribution in [2.45, 2.75) is 25.8 Å². The molecular weight excluding hydrogens is 226 g/mol. The van der Waals surface area contributed by atoms with Gasteiger partial charge in [0, 0.05) is 24.1 Å². The summed E-state index contributed by atoms with van der Waals surface area (Å²) < 4.78 is 10.6. The molecule has 1 aromatic rings. The number of benzene rings is 1. The number of rotatable bonds is 7. The summed E-state index contributed by atoms with van der Waals surface area (Å²) in [6.45, 7) is 3.06. The zero-order valence-corrected chi connectivity index (χ0v) is 11.3. The molecule has 0 saturated carbocycles. The molecular formula is C15H21NO2. The molecule has 0 amide bonds. The Bertz CT molecular complexity index is 409. The van der Waals surface area contributed by atoms with Gasteiger partial charge in [-0.05, 0) is 19.0 Å². The topological polar surface area (TPSA) is 30.5 Å². The summed E-state index contributed by atoms with van der Waals surface area (Å²) >= 11 is 0. The van der Waals surface area contributed by atoms with Gasteiger partial charge in [-0.15, -0.1) is 12.3 Å². The highest BCUT2D eigenvalue weighted by molar-refractivity contribution is 5.42. The van der Waals surface area contributed by atoms with E-state index in [2.05, 4.69) is 18.2 Å². The van der Waals surface area contributed by atoms with Crippen LogP contribution in [0.4, 0.5) is 0 Å². The first-order valence-corrected chi connectivity index (χ1v) is 6.15. The van der Waals surface area contributed by atoms with Crippen LogP contribution in [-0.4, -0.2) is 20.8 Å². The molecule has 0 aromatic heterocycles. The molecule has 0 fully saturated rings. The SMILES string of the molecule is C#CCC(NCCC)c1ccc(OC)cc1OC. The van der Waals surface area contributed by atoms with Crippen molar-refractivity contribution in [3.63, 3.8) is 0 Å². The summed E-state index contributed by atoms with van der Waals surface area (Å²) in [5, 5.41) is 3.44. The Morgan fingerprint density at radius 2 is 2.11 bits per heavy atom. The summed E-state index contributed by atoms with van der Waals surface area (Å²) in [5.41, 5.74) is 1.07. The summed E-state index contributed by atoms with van der Waals surface area (Å²) in [6.07, 6.45) is 7.14. The maximum atomic E-state index is 5.43. The van der Waals surface area contributed by atoms with Crippen molar-refractivity contribution < 1.29 is 9.47 Å². The molecule has 0 aliphatic rings. The van der Waals surface area contributed by atoms with E-state index in [0.717, 1.165) is 30.0 Å². The normalized spacial score (nSPS) is 11.7. The van der Waals surface area contributed by atoms with E-state index in [1.165, 1.54) is 0 Å². The third-order valence-electron chi connectivity index (χ3n) is 2.78. The largest absolute Gasteiger partial charge is 0.497 e. The fraction of sp³-hybridized carbons (Fsp3) is 0.467. The van der Waals surface area contributed by atoms with Gasteiger partial charge in [0.05, 0.1) is 14.2 Å². The zero-order valence-electron chi connectivity index (χ0n) is 11.3. The second kappa shape index (κ2) is 7.62. The number of nitrogens with one attached hydrogen (secondary N) is 1. The van der Waals surface area contributed by atoms with Gasteiger partial charge in [0.25, 0.3) is 0 Å². The lowest BCUT2D eigenvalue weighted by Gasteiger charge is -2.19. The molecule has 1 unspecified atom stereocenters. The van der Waals surface area contributed by atoms with Crippen LogP contribution in [0.15, 0.2) is 18.2 Å². The third-order valence-corrected chi connectivity index (χ3v) is 2.78. The third kappa shape index (κ3) is 3.68. The molecule has 0 heterocycles. The summed E-state index contributed by atoms with van der Waals surface area (Å²) in [6, 6.07) is 5.93. The Morgan fingerprint density at radius 1 is 1.33 bits per heavy atom. The molecule has 1 aromatic carbocycles. The number of ether oxygens (including phenoxy) is 2. The van der Waals surface area contributed by atoms with E-state index < -0.39 is 0 Å². The lowest BCUT2D eigenvalue weighted by molar-refractivity contribution is 0.384. The quantitative estimate of drug-likeness (QED) is 0.752. The molecule has 3 nitrogen and oxygen atoms in total. The van der Waals surface area contributed by atoms with E-state index in [1.54, 1.807) is 14.2 Å². The molecule has 0 aliphatic heterocycles. The highest BCUT2D eigenvalue weighted by atomic mass is 16.5. The number of methoxy groups -OCH3 is 2. The molecule has 0 aliphatic carbocycles. The molecule has 18 heavy (non-hydrogen) atoms. The van der Waals surface area contributed by atoms with E-state index in [9.17, 15) is 0 Å². The molecule has 1 N–H and O–H groups in total. The summed E-state index contributed by atoms with van der Waals surface area (Å²) in [5.74, 6) is 4.29. The maximum Gasteiger partial charge on any atom is 0.127 e. The monoisotopic (exact) mass is 247 g/mol. The Labute approximate surface area is 109 Å². The lowest BCUT2D eigenvalue weighted by Crippen LogP contribution is -2.22. The van der Waals surface area contributed by atoms with Crippen LogP contribution in [0.1, 0.15) is 31.4 Å². The van der Waals surface area contributed by atoms with E-state index in [4.69, 9.17) is 15.9 Å². The summed E-state index contributed by atoms with van der Waals surface area (Å²) in [4.78, 5) is 0. The summed E-state index contributed by atoms with van der Waals surface area (Å²) in [7, 11) is 3.30. The Morgan fingerprint density at radius 3 is 2.67 bits per heavy atom. The number of terminal acetylenes is 1. The van der Waals surface area contributed by atoms with Gasteiger partial charge in [-0.2, -0.15) is 0 Å². The highest BCUT2D eigenvalue weighted by Gasteiger charge is 2.15. The zero-order chi connectivity index (χ0) is 13.4. The smallest absolute Gasteiger partial charge is 0.127 e. The van der Waals surface area contributed by atoms with Crippen LogP contribution in [0.5, 0.6) is 11.5 Å². The van der Waals surface area contributed by atoms with Gasteiger partial charge in [0.1, 0.15) is 11.5 Å². The van der Waals surface area contributed by atoms with E-state index in [-0.39, 0.29) is 6.04 Å². The second-order valence-electron chi connectivity index (χ2n) is 4.02. The average Bonchev–Trinajstić information content (AvgIpc) is 2.42. The average molecular weight is 247 g/mol. The Balaban J connectivity index is 2.99. The predicted octanol–water partition coefficient (Wildman–Crippen LogP) is 2.77.